The highest BCUT2D eigenvalue weighted by atomic mass is 16.5. The fourth-order valence-electron chi connectivity index (χ4n) is 3.48. The molecule has 3 rings (SSSR count). The molecule has 0 spiro atoms. The van der Waals surface area contributed by atoms with Gasteiger partial charge in [0.25, 0.3) is 5.91 Å². The lowest BCUT2D eigenvalue weighted by Gasteiger charge is -2.32. The Hall–Kier alpha value is -3.13. The van der Waals surface area contributed by atoms with Crippen molar-refractivity contribution in [3.63, 3.8) is 0 Å². The van der Waals surface area contributed by atoms with Crippen LogP contribution in [0, 0.1) is 0 Å². The molecule has 31 heavy (non-hydrogen) atoms. The lowest BCUT2D eigenvalue weighted by molar-refractivity contribution is 0.0529. The summed E-state index contributed by atoms with van der Waals surface area (Å²) in [5.74, 6) is 1.64. The predicted octanol–water partition coefficient (Wildman–Crippen LogP) is 1.57. The summed E-state index contributed by atoms with van der Waals surface area (Å²) < 4.78 is 5.59. The van der Waals surface area contributed by atoms with E-state index < -0.39 is 0 Å². The maximum Gasteiger partial charge on any atom is 0.251 e. The molecule has 3 N–H and O–H groups in total. The molecule has 1 aliphatic heterocycles. The van der Waals surface area contributed by atoms with Crippen LogP contribution in [0.15, 0.2) is 47.6 Å². The number of carbonyl (C=O) groups is 1. The van der Waals surface area contributed by atoms with Crippen LogP contribution >= 0.6 is 0 Å². The van der Waals surface area contributed by atoms with E-state index in [1.807, 2.05) is 30.5 Å². The Morgan fingerprint density at radius 1 is 1.26 bits per heavy atom. The maximum absolute atomic E-state index is 11.8. The molecule has 166 valence electrons. The molecule has 1 atom stereocenters. The highest BCUT2D eigenvalue weighted by molar-refractivity contribution is 5.94. The van der Waals surface area contributed by atoms with Gasteiger partial charge in [-0.3, -0.25) is 9.79 Å². The Bertz CT molecular complexity index is 884. The molecule has 1 aliphatic rings. The zero-order chi connectivity index (χ0) is 22.1. The Morgan fingerprint density at radius 2 is 2.13 bits per heavy atom. The van der Waals surface area contributed by atoms with Crippen molar-refractivity contribution < 1.29 is 9.53 Å². The molecule has 1 unspecified atom stereocenters. The van der Waals surface area contributed by atoms with Crippen LogP contribution in [0.1, 0.15) is 28.4 Å². The van der Waals surface area contributed by atoms with Crippen LogP contribution < -0.4 is 20.9 Å². The minimum atomic E-state index is -0.0740. The number of nitrogens with one attached hydrogen (secondary N) is 3. The molecule has 0 aliphatic carbocycles. The topological polar surface area (TPSA) is 90.9 Å². The van der Waals surface area contributed by atoms with Gasteiger partial charge in [0.05, 0.1) is 12.7 Å². The van der Waals surface area contributed by atoms with Crippen LogP contribution in [-0.4, -0.2) is 63.3 Å². The van der Waals surface area contributed by atoms with Gasteiger partial charge in [-0.05, 0) is 42.7 Å². The third-order valence-electron chi connectivity index (χ3n) is 5.18. The third-order valence-corrected chi connectivity index (χ3v) is 5.18. The molecule has 0 radical (unpaired) electrons. The first kappa shape index (κ1) is 22.6. The van der Waals surface area contributed by atoms with Gasteiger partial charge in [0, 0.05) is 52.0 Å². The quantitative estimate of drug-likeness (QED) is 0.462. The first-order chi connectivity index (χ1) is 15.1. The van der Waals surface area contributed by atoms with E-state index in [1.165, 1.54) is 0 Å². The van der Waals surface area contributed by atoms with Crippen LogP contribution in [0.4, 0.5) is 5.82 Å². The van der Waals surface area contributed by atoms with Crippen LogP contribution in [0.3, 0.4) is 0 Å². The number of carbonyl (C=O) groups excluding carboxylic acids is 1. The smallest absolute Gasteiger partial charge is 0.251 e. The van der Waals surface area contributed by atoms with Crippen molar-refractivity contribution in [2.24, 2.45) is 4.99 Å². The van der Waals surface area contributed by atoms with Crippen LogP contribution in [-0.2, 0) is 17.7 Å². The molecule has 0 saturated carbocycles. The van der Waals surface area contributed by atoms with Crippen molar-refractivity contribution in [2.75, 3.05) is 45.2 Å². The summed E-state index contributed by atoms with van der Waals surface area (Å²) in [5.41, 5.74) is 2.86. The van der Waals surface area contributed by atoms with Crippen molar-refractivity contribution in [2.45, 2.75) is 26.0 Å². The van der Waals surface area contributed by atoms with Crippen molar-refractivity contribution in [3.05, 3.63) is 59.3 Å². The molecule has 2 heterocycles. The number of aromatic nitrogens is 1. The molecule has 1 aromatic carbocycles. The second-order valence-electron chi connectivity index (χ2n) is 7.53. The largest absolute Gasteiger partial charge is 0.375 e. The molecular formula is C23H32N6O2. The van der Waals surface area contributed by atoms with Crippen LogP contribution in [0.25, 0.3) is 0 Å². The summed E-state index contributed by atoms with van der Waals surface area (Å²) in [7, 11) is 3.39. The molecule has 1 aromatic heterocycles. The molecular weight excluding hydrogens is 392 g/mol. The van der Waals surface area contributed by atoms with Gasteiger partial charge in [-0.2, -0.15) is 0 Å². The van der Waals surface area contributed by atoms with Crippen LogP contribution in [0.5, 0.6) is 0 Å². The van der Waals surface area contributed by atoms with Gasteiger partial charge in [0.15, 0.2) is 5.96 Å². The first-order valence-electron chi connectivity index (χ1n) is 10.7. The number of pyridine rings is 1. The number of morpholine rings is 1. The summed E-state index contributed by atoms with van der Waals surface area (Å²) in [6.45, 7) is 5.92. The summed E-state index contributed by atoms with van der Waals surface area (Å²) in [6.07, 6.45) is 2.93. The van der Waals surface area contributed by atoms with Crippen LogP contribution in [0.2, 0.25) is 0 Å². The summed E-state index contributed by atoms with van der Waals surface area (Å²) >= 11 is 0. The first-order valence-corrected chi connectivity index (χ1v) is 10.7. The maximum atomic E-state index is 11.8. The number of ether oxygens (including phenoxy) is 1. The normalized spacial score (nSPS) is 16.7. The van der Waals surface area contributed by atoms with Gasteiger partial charge in [-0.15, -0.1) is 0 Å². The molecule has 8 nitrogen and oxygen atoms in total. The Balaban J connectivity index is 1.45. The second-order valence-corrected chi connectivity index (χ2v) is 7.53. The van der Waals surface area contributed by atoms with Crippen molar-refractivity contribution in [3.8, 4) is 0 Å². The molecule has 2 aromatic rings. The molecule has 0 bridgehead atoms. The second kappa shape index (κ2) is 11.3. The van der Waals surface area contributed by atoms with E-state index in [-0.39, 0.29) is 12.0 Å². The lowest BCUT2D eigenvalue weighted by atomic mass is 10.1. The SMILES string of the molecule is CN=C(NCCc1cccc(C(=O)NC)c1)NCc1ccc(N2CCOC(C)C2)nc1. The van der Waals surface area contributed by atoms with Gasteiger partial charge in [0.2, 0.25) is 0 Å². The fraction of sp³-hybridized carbons (Fsp3) is 0.435. The zero-order valence-electron chi connectivity index (χ0n) is 18.5. The Morgan fingerprint density at radius 3 is 2.84 bits per heavy atom. The Kier molecular flexibility index (Phi) is 8.23. The van der Waals surface area contributed by atoms with E-state index in [9.17, 15) is 4.79 Å². The lowest BCUT2D eigenvalue weighted by Crippen LogP contribution is -2.41. The molecule has 1 fully saturated rings. The highest BCUT2D eigenvalue weighted by Gasteiger charge is 2.17. The number of rotatable bonds is 7. The number of anilines is 1. The van der Waals surface area contributed by atoms with E-state index in [0.717, 1.165) is 49.0 Å². The summed E-state index contributed by atoms with van der Waals surface area (Å²) in [5, 5.41) is 9.28. The average Bonchev–Trinajstić information content (AvgIpc) is 2.81. The number of nitrogens with zero attached hydrogens (tertiary/aromatic N) is 3. The van der Waals surface area contributed by atoms with E-state index >= 15 is 0 Å². The zero-order valence-corrected chi connectivity index (χ0v) is 18.5. The van der Waals surface area contributed by atoms with Gasteiger partial charge >= 0.3 is 0 Å². The highest BCUT2D eigenvalue weighted by Crippen LogP contribution is 2.15. The number of benzene rings is 1. The minimum Gasteiger partial charge on any atom is -0.375 e. The molecule has 1 amide bonds. The van der Waals surface area contributed by atoms with Gasteiger partial charge < -0.3 is 25.6 Å². The molecule has 8 heteroatoms. The number of hydrogen-bond donors (Lipinski definition) is 3. The number of aliphatic imine (C=N–C) groups is 1. The Labute approximate surface area is 184 Å². The van der Waals surface area contributed by atoms with Gasteiger partial charge in [-0.25, -0.2) is 4.98 Å². The summed E-state index contributed by atoms with van der Waals surface area (Å²) in [6, 6.07) is 11.8. The standard InChI is InChI=1S/C23H32N6O2/c1-17-16-29(11-12-31-17)21-8-7-19(14-27-21)15-28-23(25-3)26-10-9-18-5-4-6-20(13-18)22(30)24-2/h4-8,13-14,17H,9-12,15-16H2,1-3H3,(H,24,30)(H2,25,26,28). The van der Waals surface area contributed by atoms with Crippen molar-refractivity contribution >= 4 is 17.7 Å². The van der Waals surface area contributed by atoms with E-state index in [1.54, 1.807) is 14.1 Å². The minimum absolute atomic E-state index is 0.0740. The predicted molar refractivity (Wildman–Crippen MR) is 124 cm³/mol. The average molecular weight is 425 g/mol. The summed E-state index contributed by atoms with van der Waals surface area (Å²) in [4.78, 5) is 22.9. The van der Waals surface area contributed by atoms with Gasteiger partial charge in [-0.1, -0.05) is 18.2 Å². The number of guanidine groups is 1. The number of hydrogen-bond acceptors (Lipinski definition) is 5. The van der Waals surface area contributed by atoms with Crippen molar-refractivity contribution in [1.82, 2.24) is 20.9 Å². The molecule has 1 saturated heterocycles. The fourth-order valence-corrected chi connectivity index (χ4v) is 3.48. The van der Waals surface area contributed by atoms with E-state index in [0.29, 0.717) is 18.7 Å². The van der Waals surface area contributed by atoms with Crippen molar-refractivity contribution in [1.29, 1.82) is 0 Å². The monoisotopic (exact) mass is 424 g/mol. The van der Waals surface area contributed by atoms with E-state index in [2.05, 4.69) is 49.9 Å². The number of amides is 1. The third kappa shape index (κ3) is 6.68. The van der Waals surface area contributed by atoms with E-state index in [4.69, 9.17) is 4.74 Å². The van der Waals surface area contributed by atoms with Gasteiger partial charge in [0.1, 0.15) is 5.82 Å².